The summed E-state index contributed by atoms with van der Waals surface area (Å²) in [5, 5.41) is 17.1. The van der Waals surface area contributed by atoms with Gasteiger partial charge in [-0.05, 0) is 12.8 Å². The smallest absolute Gasteiger partial charge is 0.332 e. The van der Waals surface area contributed by atoms with Gasteiger partial charge in [0.1, 0.15) is 0 Å². The van der Waals surface area contributed by atoms with Crippen LogP contribution in [0.5, 0.6) is 0 Å². The van der Waals surface area contributed by atoms with Crippen LogP contribution in [0.15, 0.2) is 0 Å². The van der Waals surface area contributed by atoms with Crippen LogP contribution < -0.4 is 0 Å². The number of rotatable bonds is 8. The van der Waals surface area contributed by atoms with Crippen molar-refractivity contribution in [3.63, 3.8) is 0 Å². The van der Waals surface area contributed by atoms with Crippen molar-refractivity contribution >= 4 is 24.6 Å². The second-order valence-electron chi connectivity index (χ2n) is 3.15. The zero-order valence-corrected chi connectivity index (χ0v) is 9.44. The SMILES string of the molecule is CCC(S)COC(CCC(=O)O)C(=O)O. The standard InChI is InChI=1S/C9H16O5S/c1-2-6(15)5-14-7(9(12)13)3-4-8(10)11/h6-7,15H,2-5H2,1H3,(H,10,11)(H,12,13). The van der Waals surface area contributed by atoms with E-state index in [2.05, 4.69) is 12.6 Å². The molecular formula is C9H16O5S. The minimum atomic E-state index is -1.13. The number of ether oxygens (including phenoxy) is 1. The van der Waals surface area contributed by atoms with E-state index < -0.39 is 18.0 Å². The van der Waals surface area contributed by atoms with Crippen molar-refractivity contribution in [2.24, 2.45) is 0 Å². The lowest BCUT2D eigenvalue weighted by molar-refractivity contribution is -0.151. The fourth-order valence-electron chi connectivity index (χ4n) is 0.878. The number of carboxylic acid groups (broad SMARTS) is 2. The summed E-state index contributed by atoms with van der Waals surface area (Å²) in [5.74, 6) is -2.16. The molecule has 88 valence electrons. The first-order chi connectivity index (χ1) is 6.97. The average molecular weight is 236 g/mol. The van der Waals surface area contributed by atoms with E-state index >= 15 is 0 Å². The highest BCUT2D eigenvalue weighted by molar-refractivity contribution is 7.81. The Morgan fingerprint density at radius 3 is 2.40 bits per heavy atom. The third-order valence-corrected chi connectivity index (χ3v) is 2.37. The minimum Gasteiger partial charge on any atom is -0.481 e. The van der Waals surface area contributed by atoms with Crippen molar-refractivity contribution < 1.29 is 24.5 Å². The molecule has 0 aromatic heterocycles. The van der Waals surface area contributed by atoms with Gasteiger partial charge in [0.2, 0.25) is 0 Å². The molecule has 0 saturated heterocycles. The van der Waals surface area contributed by atoms with Gasteiger partial charge in [0, 0.05) is 11.7 Å². The number of thiol groups is 1. The second-order valence-corrected chi connectivity index (χ2v) is 3.88. The summed E-state index contributed by atoms with van der Waals surface area (Å²) >= 11 is 4.15. The molecule has 0 bridgehead atoms. The van der Waals surface area contributed by atoms with Gasteiger partial charge in [-0.3, -0.25) is 4.79 Å². The van der Waals surface area contributed by atoms with E-state index in [1.54, 1.807) is 0 Å². The maximum absolute atomic E-state index is 10.7. The van der Waals surface area contributed by atoms with E-state index in [1.165, 1.54) is 0 Å². The van der Waals surface area contributed by atoms with E-state index in [-0.39, 0.29) is 24.7 Å². The monoisotopic (exact) mass is 236 g/mol. The molecule has 0 heterocycles. The summed E-state index contributed by atoms with van der Waals surface area (Å²) in [6.45, 7) is 2.13. The van der Waals surface area contributed by atoms with E-state index in [1.807, 2.05) is 6.92 Å². The molecular weight excluding hydrogens is 220 g/mol. The van der Waals surface area contributed by atoms with Crippen LogP contribution in [0.1, 0.15) is 26.2 Å². The lowest BCUT2D eigenvalue weighted by Crippen LogP contribution is -2.27. The minimum absolute atomic E-state index is 0.0170. The fraction of sp³-hybridized carbons (Fsp3) is 0.778. The van der Waals surface area contributed by atoms with Gasteiger partial charge >= 0.3 is 11.9 Å². The van der Waals surface area contributed by atoms with Crippen molar-refractivity contribution in [3.05, 3.63) is 0 Å². The number of hydrogen-bond donors (Lipinski definition) is 3. The van der Waals surface area contributed by atoms with E-state index in [9.17, 15) is 9.59 Å². The van der Waals surface area contributed by atoms with Crippen molar-refractivity contribution in [2.45, 2.75) is 37.5 Å². The molecule has 0 aromatic carbocycles. The summed E-state index contributed by atoms with van der Waals surface area (Å²) in [6, 6.07) is 0. The predicted molar refractivity (Wildman–Crippen MR) is 57.3 cm³/mol. The Morgan fingerprint density at radius 2 is 2.00 bits per heavy atom. The number of hydrogen-bond acceptors (Lipinski definition) is 4. The Labute approximate surface area is 93.8 Å². The largest absolute Gasteiger partial charge is 0.481 e. The molecule has 6 heteroatoms. The predicted octanol–water partition coefficient (Wildman–Crippen LogP) is 1.03. The first kappa shape index (κ1) is 14.2. The van der Waals surface area contributed by atoms with Gasteiger partial charge in [0.05, 0.1) is 6.61 Å². The highest BCUT2D eigenvalue weighted by atomic mass is 32.1. The Balaban J connectivity index is 3.94. The van der Waals surface area contributed by atoms with Crippen molar-refractivity contribution in [3.8, 4) is 0 Å². The molecule has 2 atom stereocenters. The van der Waals surface area contributed by atoms with Crippen LogP contribution in [0.4, 0.5) is 0 Å². The van der Waals surface area contributed by atoms with E-state index in [0.29, 0.717) is 0 Å². The summed E-state index contributed by atoms with van der Waals surface area (Å²) in [5.41, 5.74) is 0. The maximum Gasteiger partial charge on any atom is 0.332 e. The van der Waals surface area contributed by atoms with Crippen molar-refractivity contribution in [1.29, 1.82) is 0 Å². The Morgan fingerprint density at radius 1 is 1.40 bits per heavy atom. The Bertz CT molecular complexity index is 219. The summed E-state index contributed by atoms with van der Waals surface area (Å²) in [6.07, 6.45) is -0.508. The summed E-state index contributed by atoms with van der Waals surface area (Å²) in [4.78, 5) is 20.9. The lowest BCUT2D eigenvalue weighted by atomic mass is 10.2. The molecule has 0 fully saturated rings. The molecule has 5 nitrogen and oxygen atoms in total. The lowest BCUT2D eigenvalue weighted by Gasteiger charge is -2.15. The van der Waals surface area contributed by atoms with E-state index in [4.69, 9.17) is 14.9 Å². The normalized spacial score (nSPS) is 14.5. The molecule has 2 unspecified atom stereocenters. The average Bonchev–Trinajstić information content (AvgIpc) is 2.16. The van der Waals surface area contributed by atoms with Crippen LogP contribution in [-0.2, 0) is 14.3 Å². The summed E-state index contributed by atoms with van der Waals surface area (Å²) in [7, 11) is 0. The molecule has 0 amide bonds. The van der Waals surface area contributed by atoms with Crippen LogP contribution in [0.25, 0.3) is 0 Å². The number of carbonyl (C=O) groups is 2. The molecule has 0 radical (unpaired) electrons. The molecule has 0 spiro atoms. The highest BCUT2D eigenvalue weighted by Crippen LogP contribution is 2.07. The first-order valence-corrected chi connectivity index (χ1v) is 5.23. The summed E-state index contributed by atoms with van der Waals surface area (Å²) < 4.78 is 5.07. The molecule has 0 saturated carbocycles. The van der Waals surface area contributed by atoms with E-state index in [0.717, 1.165) is 6.42 Å². The van der Waals surface area contributed by atoms with Gasteiger partial charge in [-0.2, -0.15) is 12.6 Å². The molecule has 0 rings (SSSR count). The topological polar surface area (TPSA) is 83.8 Å². The van der Waals surface area contributed by atoms with Crippen LogP contribution in [0.2, 0.25) is 0 Å². The third kappa shape index (κ3) is 7.21. The van der Waals surface area contributed by atoms with Crippen molar-refractivity contribution in [1.82, 2.24) is 0 Å². The van der Waals surface area contributed by atoms with Gasteiger partial charge in [0.15, 0.2) is 6.10 Å². The van der Waals surface area contributed by atoms with Crippen molar-refractivity contribution in [2.75, 3.05) is 6.61 Å². The molecule has 0 aromatic rings. The Kier molecular flexibility index (Phi) is 7.15. The van der Waals surface area contributed by atoms with Gasteiger partial charge < -0.3 is 14.9 Å². The van der Waals surface area contributed by atoms with Crippen LogP contribution in [0.3, 0.4) is 0 Å². The van der Waals surface area contributed by atoms with Gasteiger partial charge in [-0.25, -0.2) is 4.79 Å². The number of aliphatic carboxylic acids is 2. The Hall–Kier alpha value is -0.750. The van der Waals surface area contributed by atoms with Gasteiger partial charge in [-0.1, -0.05) is 6.92 Å². The molecule has 15 heavy (non-hydrogen) atoms. The highest BCUT2D eigenvalue weighted by Gasteiger charge is 2.19. The fourth-order valence-corrected chi connectivity index (χ4v) is 0.964. The zero-order chi connectivity index (χ0) is 11.8. The van der Waals surface area contributed by atoms with Crippen LogP contribution in [-0.4, -0.2) is 40.1 Å². The molecule has 2 N–H and O–H groups in total. The quantitative estimate of drug-likeness (QED) is 0.548. The van der Waals surface area contributed by atoms with Crippen LogP contribution >= 0.6 is 12.6 Å². The third-order valence-electron chi connectivity index (χ3n) is 1.86. The first-order valence-electron chi connectivity index (χ1n) is 4.71. The van der Waals surface area contributed by atoms with Gasteiger partial charge in [-0.15, -0.1) is 0 Å². The van der Waals surface area contributed by atoms with Crippen LogP contribution in [0, 0.1) is 0 Å². The molecule has 0 aliphatic rings. The number of carboxylic acids is 2. The van der Waals surface area contributed by atoms with Gasteiger partial charge in [0.25, 0.3) is 0 Å². The molecule has 0 aliphatic carbocycles. The second kappa shape index (κ2) is 7.53. The zero-order valence-electron chi connectivity index (χ0n) is 8.55. The maximum atomic E-state index is 10.7. The molecule has 0 aliphatic heterocycles.